The smallest absolute Gasteiger partial charge is 0.258 e. The predicted molar refractivity (Wildman–Crippen MR) is 121 cm³/mol. The summed E-state index contributed by atoms with van der Waals surface area (Å²) >= 11 is 0. The van der Waals surface area contributed by atoms with Crippen LogP contribution in [0, 0.1) is 13.8 Å². The van der Waals surface area contributed by atoms with E-state index < -0.39 is 0 Å². The van der Waals surface area contributed by atoms with Gasteiger partial charge in [-0.25, -0.2) is 0 Å². The molecule has 2 aliphatic rings. The lowest BCUT2D eigenvalue weighted by atomic mass is 9.74. The average molecular weight is 389 g/mol. The standard InChI is InChI=1S/C26H32N2O/c1-19(2)10-13-27-14-11-26(12-15-27)18-28(24-9-8-21(4)17-23(24)26)25(29)22-7-5-6-20(3)16-22/h5-10,16-17H,11-15,18H2,1-4H3. The monoisotopic (exact) mass is 388 g/mol. The number of amides is 1. The van der Waals surface area contributed by atoms with Crippen molar-refractivity contribution in [2.75, 3.05) is 31.1 Å². The number of nitrogens with zero attached hydrogens (tertiary/aromatic N) is 2. The van der Waals surface area contributed by atoms with Crippen molar-refractivity contribution in [1.29, 1.82) is 0 Å². The van der Waals surface area contributed by atoms with Crippen LogP contribution in [-0.2, 0) is 5.41 Å². The number of fused-ring (bicyclic) bond motifs is 2. The zero-order valence-corrected chi connectivity index (χ0v) is 18.2. The molecule has 3 heteroatoms. The Labute approximate surface area is 175 Å². The van der Waals surface area contributed by atoms with Crippen LogP contribution in [0.4, 0.5) is 5.69 Å². The minimum atomic E-state index is 0.0856. The van der Waals surface area contributed by atoms with Gasteiger partial charge in [0, 0.05) is 29.8 Å². The van der Waals surface area contributed by atoms with Crippen LogP contribution >= 0.6 is 0 Å². The number of carbonyl (C=O) groups is 1. The number of carbonyl (C=O) groups excluding carboxylic acids is 1. The van der Waals surface area contributed by atoms with Gasteiger partial charge in [-0.3, -0.25) is 9.69 Å². The predicted octanol–water partition coefficient (Wildman–Crippen LogP) is 5.26. The van der Waals surface area contributed by atoms with Crippen molar-refractivity contribution in [1.82, 2.24) is 4.90 Å². The largest absolute Gasteiger partial charge is 0.307 e. The van der Waals surface area contributed by atoms with Gasteiger partial charge in [0.25, 0.3) is 5.91 Å². The molecule has 1 saturated heterocycles. The van der Waals surface area contributed by atoms with E-state index in [1.54, 1.807) is 0 Å². The molecule has 0 aromatic heterocycles. The van der Waals surface area contributed by atoms with Crippen LogP contribution in [0.2, 0.25) is 0 Å². The van der Waals surface area contributed by atoms with Crippen LogP contribution < -0.4 is 4.90 Å². The highest BCUT2D eigenvalue weighted by atomic mass is 16.2. The van der Waals surface area contributed by atoms with Crippen molar-refractivity contribution in [3.63, 3.8) is 0 Å². The summed E-state index contributed by atoms with van der Waals surface area (Å²) in [5.41, 5.74) is 7.14. The Balaban J connectivity index is 1.62. The minimum Gasteiger partial charge on any atom is -0.307 e. The average Bonchev–Trinajstić information content (AvgIpc) is 3.00. The summed E-state index contributed by atoms with van der Waals surface area (Å²) < 4.78 is 0. The summed E-state index contributed by atoms with van der Waals surface area (Å²) in [5, 5.41) is 0. The second-order valence-corrected chi connectivity index (χ2v) is 9.14. The Bertz CT molecular complexity index is 947. The highest BCUT2D eigenvalue weighted by Gasteiger charge is 2.46. The van der Waals surface area contributed by atoms with E-state index in [0.29, 0.717) is 0 Å². The second-order valence-electron chi connectivity index (χ2n) is 9.14. The normalized spacial score (nSPS) is 18.0. The molecule has 3 nitrogen and oxygen atoms in total. The molecular weight excluding hydrogens is 356 g/mol. The second kappa shape index (κ2) is 7.79. The molecule has 1 amide bonds. The molecule has 29 heavy (non-hydrogen) atoms. The third kappa shape index (κ3) is 3.89. The van der Waals surface area contributed by atoms with Crippen molar-refractivity contribution in [2.45, 2.75) is 46.0 Å². The Morgan fingerprint density at radius 3 is 2.45 bits per heavy atom. The van der Waals surface area contributed by atoms with E-state index in [4.69, 9.17) is 0 Å². The van der Waals surface area contributed by atoms with Crippen molar-refractivity contribution < 1.29 is 4.79 Å². The van der Waals surface area contributed by atoms with E-state index >= 15 is 0 Å². The summed E-state index contributed by atoms with van der Waals surface area (Å²) in [6, 6.07) is 14.6. The first-order valence-electron chi connectivity index (χ1n) is 10.7. The van der Waals surface area contributed by atoms with Crippen LogP contribution in [0.25, 0.3) is 0 Å². The van der Waals surface area contributed by atoms with Gasteiger partial charge in [0.15, 0.2) is 0 Å². The van der Waals surface area contributed by atoms with Crippen molar-refractivity contribution >= 4 is 11.6 Å². The zero-order valence-electron chi connectivity index (χ0n) is 18.2. The summed E-state index contributed by atoms with van der Waals surface area (Å²) in [6.07, 6.45) is 4.54. The van der Waals surface area contributed by atoms with Crippen LogP contribution in [0.1, 0.15) is 53.7 Å². The molecular formula is C26H32N2O. The number of aryl methyl sites for hydroxylation is 2. The van der Waals surface area contributed by atoms with Crippen LogP contribution in [0.5, 0.6) is 0 Å². The number of rotatable bonds is 3. The van der Waals surface area contributed by atoms with E-state index in [1.165, 1.54) is 16.7 Å². The minimum absolute atomic E-state index is 0.0856. The van der Waals surface area contributed by atoms with Gasteiger partial charge in [-0.05, 0) is 77.4 Å². The van der Waals surface area contributed by atoms with Gasteiger partial charge in [0.2, 0.25) is 0 Å². The van der Waals surface area contributed by atoms with E-state index in [9.17, 15) is 4.79 Å². The lowest BCUT2D eigenvalue weighted by molar-refractivity contribution is 0.0977. The van der Waals surface area contributed by atoms with E-state index in [1.807, 2.05) is 36.1 Å². The zero-order chi connectivity index (χ0) is 20.6. The molecule has 0 aliphatic carbocycles. The molecule has 2 aromatic carbocycles. The van der Waals surface area contributed by atoms with Crippen molar-refractivity contribution in [2.24, 2.45) is 0 Å². The Morgan fingerprint density at radius 2 is 1.76 bits per heavy atom. The molecule has 2 heterocycles. The summed E-state index contributed by atoms with van der Waals surface area (Å²) in [4.78, 5) is 18.0. The van der Waals surface area contributed by atoms with Crippen molar-refractivity contribution in [3.8, 4) is 0 Å². The maximum absolute atomic E-state index is 13.4. The molecule has 1 fully saturated rings. The van der Waals surface area contributed by atoms with Gasteiger partial charge in [-0.15, -0.1) is 0 Å². The highest BCUT2D eigenvalue weighted by molar-refractivity contribution is 6.07. The summed E-state index contributed by atoms with van der Waals surface area (Å²) in [6.45, 7) is 12.5. The molecule has 2 aliphatic heterocycles. The number of anilines is 1. The molecule has 0 unspecified atom stereocenters. The van der Waals surface area contributed by atoms with E-state index in [-0.39, 0.29) is 11.3 Å². The molecule has 0 saturated carbocycles. The number of piperidine rings is 1. The fourth-order valence-corrected chi connectivity index (χ4v) is 4.80. The third-order valence-corrected chi connectivity index (χ3v) is 6.56. The molecule has 152 valence electrons. The first kappa shape index (κ1) is 19.9. The fraction of sp³-hybridized carbons (Fsp3) is 0.423. The molecule has 0 radical (unpaired) electrons. The van der Waals surface area contributed by atoms with Gasteiger partial charge < -0.3 is 4.90 Å². The molecule has 2 aromatic rings. The first-order chi connectivity index (χ1) is 13.9. The summed E-state index contributed by atoms with van der Waals surface area (Å²) in [7, 11) is 0. The van der Waals surface area contributed by atoms with Gasteiger partial charge in [0.05, 0.1) is 0 Å². The Hall–Kier alpha value is -2.39. The van der Waals surface area contributed by atoms with Crippen LogP contribution in [0.3, 0.4) is 0 Å². The summed E-state index contributed by atoms with van der Waals surface area (Å²) in [5.74, 6) is 0.127. The lowest BCUT2D eigenvalue weighted by Crippen LogP contribution is -2.46. The maximum atomic E-state index is 13.4. The number of likely N-dealkylation sites (tertiary alicyclic amines) is 1. The third-order valence-electron chi connectivity index (χ3n) is 6.56. The number of allylic oxidation sites excluding steroid dienone is 1. The van der Waals surface area contributed by atoms with Crippen LogP contribution in [0.15, 0.2) is 54.1 Å². The van der Waals surface area contributed by atoms with Gasteiger partial charge >= 0.3 is 0 Å². The molecule has 0 bridgehead atoms. The topological polar surface area (TPSA) is 23.6 Å². The Kier molecular flexibility index (Phi) is 5.35. The maximum Gasteiger partial charge on any atom is 0.258 e. The van der Waals surface area contributed by atoms with E-state index in [0.717, 1.165) is 55.8 Å². The molecule has 1 spiro atoms. The lowest BCUT2D eigenvalue weighted by Gasteiger charge is -2.39. The Morgan fingerprint density at radius 1 is 1.03 bits per heavy atom. The quantitative estimate of drug-likeness (QED) is 0.669. The van der Waals surface area contributed by atoms with E-state index in [2.05, 4.69) is 49.9 Å². The highest BCUT2D eigenvalue weighted by Crippen LogP contribution is 2.47. The molecule has 0 N–H and O–H groups in total. The first-order valence-corrected chi connectivity index (χ1v) is 10.7. The fourth-order valence-electron chi connectivity index (χ4n) is 4.80. The van der Waals surface area contributed by atoms with Gasteiger partial charge in [-0.1, -0.05) is 47.0 Å². The van der Waals surface area contributed by atoms with Gasteiger partial charge in [-0.2, -0.15) is 0 Å². The molecule has 4 rings (SSSR count). The number of hydrogen-bond acceptors (Lipinski definition) is 2. The number of benzene rings is 2. The van der Waals surface area contributed by atoms with Crippen LogP contribution in [-0.4, -0.2) is 37.0 Å². The van der Waals surface area contributed by atoms with Gasteiger partial charge in [0.1, 0.15) is 0 Å². The number of hydrogen-bond donors (Lipinski definition) is 0. The molecule has 0 atom stereocenters. The SMILES string of the molecule is CC(C)=CCN1CCC2(CC1)CN(C(=O)c1cccc(C)c1)c1ccc(C)cc12. The van der Waals surface area contributed by atoms with Crippen molar-refractivity contribution in [3.05, 3.63) is 76.4 Å².